The smallest absolute Gasteiger partial charge is 0.133 e. The Morgan fingerprint density at radius 1 is 1.00 bits per heavy atom. The van der Waals surface area contributed by atoms with Crippen LogP contribution in [0.25, 0.3) is 0 Å². The molecular formula is C18H18O2. The summed E-state index contributed by atoms with van der Waals surface area (Å²) in [4.78, 5) is 0. The highest BCUT2D eigenvalue weighted by molar-refractivity contribution is 5.40. The Morgan fingerprint density at radius 2 is 1.85 bits per heavy atom. The van der Waals surface area contributed by atoms with Crippen molar-refractivity contribution in [2.75, 3.05) is 0 Å². The molecule has 0 bridgehead atoms. The highest BCUT2D eigenvalue weighted by Gasteiger charge is 2.30. The van der Waals surface area contributed by atoms with E-state index in [9.17, 15) is 5.11 Å². The normalized spacial score (nSPS) is 21.1. The average Bonchev–Trinajstić information content (AvgIpc) is 3.11. The molecule has 0 saturated carbocycles. The molecule has 2 aliphatic rings. The van der Waals surface area contributed by atoms with Crippen LogP contribution >= 0.6 is 0 Å². The second-order valence-corrected chi connectivity index (χ2v) is 5.79. The minimum Gasteiger partial charge on any atom is -0.487 e. The van der Waals surface area contributed by atoms with Gasteiger partial charge in [-0.05, 0) is 47.6 Å². The fraction of sp³-hybridized carbons (Fsp3) is 0.333. The van der Waals surface area contributed by atoms with Crippen molar-refractivity contribution in [3.05, 3.63) is 64.7 Å². The number of aliphatic hydroxyl groups is 1. The molecule has 1 heterocycles. The predicted octanol–water partition coefficient (Wildman–Crippen LogP) is 3.21. The third-order valence-corrected chi connectivity index (χ3v) is 4.49. The van der Waals surface area contributed by atoms with Gasteiger partial charge in [0.15, 0.2) is 0 Å². The monoisotopic (exact) mass is 266 g/mol. The minimum atomic E-state index is -0.548. The van der Waals surface area contributed by atoms with Crippen LogP contribution in [0.1, 0.15) is 34.8 Å². The molecule has 2 aromatic rings. The van der Waals surface area contributed by atoms with Crippen molar-refractivity contribution >= 4 is 0 Å². The van der Waals surface area contributed by atoms with Gasteiger partial charge >= 0.3 is 0 Å². The lowest BCUT2D eigenvalue weighted by Crippen LogP contribution is -2.23. The number of hydrogen-bond donors (Lipinski definition) is 1. The molecule has 1 N–H and O–H groups in total. The van der Waals surface area contributed by atoms with E-state index >= 15 is 0 Å². The fourth-order valence-electron chi connectivity index (χ4n) is 3.38. The van der Waals surface area contributed by atoms with Gasteiger partial charge in [-0.2, -0.15) is 0 Å². The van der Waals surface area contributed by atoms with Gasteiger partial charge in [-0.15, -0.1) is 0 Å². The first-order valence-electron chi connectivity index (χ1n) is 7.35. The molecule has 0 amide bonds. The molecule has 1 aliphatic carbocycles. The van der Waals surface area contributed by atoms with E-state index in [0.29, 0.717) is 0 Å². The highest BCUT2D eigenvalue weighted by atomic mass is 16.5. The zero-order valence-electron chi connectivity index (χ0n) is 11.4. The Kier molecular flexibility index (Phi) is 2.78. The summed E-state index contributed by atoms with van der Waals surface area (Å²) in [7, 11) is 0. The van der Waals surface area contributed by atoms with Crippen molar-refractivity contribution in [1.82, 2.24) is 0 Å². The van der Waals surface area contributed by atoms with Crippen LogP contribution in [0, 0.1) is 0 Å². The van der Waals surface area contributed by atoms with Crippen LogP contribution in [0.5, 0.6) is 5.75 Å². The van der Waals surface area contributed by atoms with E-state index in [4.69, 9.17) is 4.74 Å². The van der Waals surface area contributed by atoms with E-state index < -0.39 is 6.10 Å². The zero-order chi connectivity index (χ0) is 13.5. The molecule has 0 saturated heterocycles. The van der Waals surface area contributed by atoms with E-state index in [1.807, 2.05) is 18.2 Å². The van der Waals surface area contributed by atoms with Crippen LogP contribution in [-0.2, 0) is 19.3 Å². The number of hydrogen-bond acceptors (Lipinski definition) is 2. The highest BCUT2D eigenvalue weighted by Crippen LogP contribution is 2.35. The maximum absolute atomic E-state index is 10.6. The zero-order valence-corrected chi connectivity index (χ0v) is 11.4. The molecule has 20 heavy (non-hydrogen) atoms. The van der Waals surface area contributed by atoms with Gasteiger partial charge in [0, 0.05) is 6.42 Å². The van der Waals surface area contributed by atoms with Crippen LogP contribution in [0.15, 0.2) is 42.5 Å². The minimum absolute atomic E-state index is 0.160. The van der Waals surface area contributed by atoms with Crippen molar-refractivity contribution < 1.29 is 9.84 Å². The van der Waals surface area contributed by atoms with Gasteiger partial charge in [0.1, 0.15) is 18.0 Å². The fourth-order valence-corrected chi connectivity index (χ4v) is 3.38. The molecule has 0 aromatic heterocycles. The maximum Gasteiger partial charge on any atom is 0.133 e. The number of aliphatic hydroxyl groups excluding tert-OH is 1. The number of aryl methyl sites for hydroxylation is 2. The third kappa shape index (κ3) is 1.92. The second-order valence-electron chi connectivity index (χ2n) is 5.79. The van der Waals surface area contributed by atoms with Gasteiger partial charge in [-0.25, -0.2) is 0 Å². The summed E-state index contributed by atoms with van der Waals surface area (Å²) in [5.41, 5.74) is 5.02. The summed E-state index contributed by atoms with van der Waals surface area (Å²) >= 11 is 0. The molecule has 2 heteroatoms. The Morgan fingerprint density at radius 3 is 2.75 bits per heavy atom. The Balaban J connectivity index is 1.58. The molecule has 1 aliphatic heterocycles. The predicted molar refractivity (Wildman–Crippen MR) is 78.0 cm³/mol. The van der Waals surface area contributed by atoms with Crippen molar-refractivity contribution in [1.29, 1.82) is 0 Å². The SMILES string of the molecule is OC(c1ccc2c(c1)CCC2)C1Cc2ccccc2O1. The first-order chi connectivity index (χ1) is 9.81. The molecule has 2 aromatic carbocycles. The number of ether oxygens (including phenoxy) is 1. The molecule has 2 nitrogen and oxygen atoms in total. The summed E-state index contributed by atoms with van der Waals surface area (Å²) in [6.45, 7) is 0. The van der Waals surface area contributed by atoms with Gasteiger partial charge < -0.3 is 9.84 Å². The van der Waals surface area contributed by atoms with Crippen LogP contribution in [0.4, 0.5) is 0 Å². The van der Waals surface area contributed by atoms with Crippen molar-refractivity contribution in [3.63, 3.8) is 0 Å². The van der Waals surface area contributed by atoms with Crippen molar-refractivity contribution in [2.45, 2.75) is 37.9 Å². The van der Waals surface area contributed by atoms with Gasteiger partial charge in [0.25, 0.3) is 0 Å². The summed E-state index contributed by atoms with van der Waals surface area (Å²) in [6.07, 6.45) is 3.63. The molecule has 2 unspecified atom stereocenters. The molecular weight excluding hydrogens is 248 g/mol. The van der Waals surface area contributed by atoms with Crippen LogP contribution in [0.3, 0.4) is 0 Å². The maximum atomic E-state index is 10.6. The van der Waals surface area contributed by atoms with Gasteiger partial charge in [-0.3, -0.25) is 0 Å². The van der Waals surface area contributed by atoms with E-state index in [0.717, 1.165) is 24.2 Å². The van der Waals surface area contributed by atoms with E-state index in [2.05, 4.69) is 24.3 Å². The molecule has 4 rings (SSSR count). The molecule has 0 radical (unpaired) electrons. The Labute approximate surface area is 119 Å². The largest absolute Gasteiger partial charge is 0.487 e. The van der Waals surface area contributed by atoms with Crippen molar-refractivity contribution in [3.8, 4) is 5.75 Å². The number of benzene rings is 2. The molecule has 2 atom stereocenters. The lowest BCUT2D eigenvalue weighted by atomic mass is 9.97. The number of para-hydroxylation sites is 1. The summed E-state index contributed by atoms with van der Waals surface area (Å²) < 4.78 is 5.89. The Bertz CT molecular complexity index is 623. The molecule has 102 valence electrons. The number of rotatable bonds is 2. The molecule has 0 fully saturated rings. The average molecular weight is 266 g/mol. The van der Waals surface area contributed by atoms with Crippen molar-refractivity contribution in [2.24, 2.45) is 0 Å². The van der Waals surface area contributed by atoms with Gasteiger partial charge in [0.2, 0.25) is 0 Å². The van der Waals surface area contributed by atoms with Crippen LogP contribution in [-0.4, -0.2) is 11.2 Å². The standard InChI is InChI=1S/C18H18O2/c19-18(15-9-8-12-5-3-6-13(12)10-15)17-11-14-4-1-2-7-16(14)20-17/h1-2,4,7-10,17-19H,3,5-6,11H2. The Hall–Kier alpha value is -1.80. The summed E-state index contributed by atoms with van der Waals surface area (Å²) in [5, 5.41) is 10.6. The number of fused-ring (bicyclic) bond motifs is 2. The summed E-state index contributed by atoms with van der Waals surface area (Å²) in [5.74, 6) is 0.915. The van der Waals surface area contributed by atoms with Gasteiger partial charge in [-0.1, -0.05) is 36.4 Å². The second kappa shape index (κ2) is 4.64. The van der Waals surface area contributed by atoms with E-state index in [-0.39, 0.29) is 6.10 Å². The van der Waals surface area contributed by atoms with Crippen LogP contribution in [0.2, 0.25) is 0 Å². The first kappa shape index (κ1) is 12.0. The lowest BCUT2D eigenvalue weighted by Gasteiger charge is -2.19. The quantitative estimate of drug-likeness (QED) is 0.904. The lowest BCUT2D eigenvalue weighted by molar-refractivity contribution is 0.0492. The third-order valence-electron chi connectivity index (χ3n) is 4.49. The molecule has 0 spiro atoms. The first-order valence-corrected chi connectivity index (χ1v) is 7.35. The van der Waals surface area contributed by atoms with Crippen LogP contribution < -0.4 is 4.74 Å². The van der Waals surface area contributed by atoms with E-state index in [1.54, 1.807) is 0 Å². The topological polar surface area (TPSA) is 29.5 Å². The summed E-state index contributed by atoms with van der Waals surface area (Å²) in [6, 6.07) is 14.4. The van der Waals surface area contributed by atoms with E-state index in [1.165, 1.54) is 29.5 Å². The van der Waals surface area contributed by atoms with Gasteiger partial charge in [0.05, 0.1) is 0 Å².